The van der Waals surface area contributed by atoms with Crippen LogP contribution in [0.1, 0.15) is 39.0 Å². The van der Waals surface area contributed by atoms with E-state index in [1.165, 1.54) is 0 Å². The van der Waals surface area contributed by atoms with E-state index >= 15 is 0 Å². The quantitative estimate of drug-likeness (QED) is 0.581. The number of esters is 1. The number of rotatable bonds is 4. The Morgan fingerprint density at radius 2 is 2.12 bits per heavy atom. The third kappa shape index (κ3) is 2.95. The largest absolute Gasteiger partial charge is 0.466 e. The van der Waals surface area contributed by atoms with Crippen molar-refractivity contribution in [1.29, 1.82) is 0 Å². The minimum atomic E-state index is -0.607. The Labute approximate surface area is 95.9 Å². The maximum Gasteiger partial charge on any atom is 0.308 e. The zero-order valence-corrected chi connectivity index (χ0v) is 9.78. The summed E-state index contributed by atoms with van der Waals surface area (Å²) in [6.07, 6.45) is 3.84. The van der Waals surface area contributed by atoms with Crippen LogP contribution in [0.2, 0.25) is 0 Å². The van der Waals surface area contributed by atoms with Crippen LogP contribution in [0.4, 0.5) is 0 Å². The highest BCUT2D eigenvalue weighted by Crippen LogP contribution is 2.37. The van der Waals surface area contributed by atoms with Gasteiger partial charge in [-0.25, -0.2) is 0 Å². The van der Waals surface area contributed by atoms with E-state index in [0.717, 1.165) is 25.9 Å². The van der Waals surface area contributed by atoms with Crippen molar-refractivity contribution in [2.45, 2.75) is 50.7 Å². The monoisotopic (exact) mass is 228 g/mol. The lowest BCUT2D eigenvalue weighted by Gasteiger charge is -2.34. The first-order valence-corrected chi connectivity index (χ1v) is 6.13. The second kappa shape index (κ2) is 4.72. The summed E-state index contributed by atoms with van der Waals surface area (Å²) >= 11 is 0. The third-order valence-corrected chi connectivity index (χ3v) is 3.55. The predicted molar refractivity (Wildman–Crippen MR) is 57.9 cm³/mol. The molecule has 16 heavy (non-hydrogen) atoms. The molecule has 4 nitrogen and oxygen atoms in total. The molecule has 0 aromatic carbocycles. The zero-order chi connectivity index (χ0) is 11.6. The van der Waals surface area contributed by atoms with Gasteiger partial charge in [0.1, 0.15) is 0 Å². The van der Waals surface area contributed by atoms with Crippen molar-refractivity contribution < 1.29 is 19.4 Å². The summed E-state index contributed by atoms with van der Waals surface area (Å²) < 4.78 is 10.1. The van der Waals surface area contributed by atoms with E-state index in [2.05, 4.69) is 0 Å². The molecule has 0 aromatic heterocycles. The summed E-state index contributed by atoms with van der Waals surface area (Å²) in [6, 6.07) is 0. The van der Waals surface area contributed by atoms with Gasteiger partial charge in [0.25, 0.3) is 0 Å². The van der Waals surface area contributed by atoms with Crippen molar-refractivity contribution in [2.24, 2.45) is 5.92 Å². The normalized spacial score (nSPS) is 38.1. The molecule has 0 amide bonds. The average molecular weight is 228 g/mol. The van der Waals surface area contributed by atoms with Gasteiger partial charge in [-0.15, -0.1) is 0 Å². The van der Waals surface area contributed by atoms with Gasteiger partial charge in [-0.05, 0) is 32.6 Å². The first-order chi connectivity index (χ1) is 7.63. The van der Waals surface area contributed by atoms with Gasteiger partial charge in [-0.2, -0.15) is 0 Å². The van der Waals surface area contributed by atoms with Crippen LogP contribution in [0.25, 0.3) is 0 Å². The van der Waals surface area contributed by atoms with Crippen molar-refractivity contribution in [2.75, 3.05) is 13.2 Å². The fraction of sp³-hybridized carbons (Fsp3) is 0.917. The molecule has 1 saturated heterocycles. The van der Waals surface area contributed by atoms with Crippen molar-refractivity contribution in [3.05, 3.63) is 0 Å². The highest BCUT2D eigenvalue weighted by Gasteiger charge is 2.40. The fourth-order valence-electron chi connectivity index (χ4n) is 2.46. The molecule has 0 spiro atoms. The Bertz CT molecular complexity index is 252. The van der Waals surface area contributed by atoms with Crippen LogP contribution in [0.5, 0.6) is 0 Å². The Morgan fingerprint density at radius 1 is 1.50 bits per heavy atom. The summed E-state index contributed by atoms with van der Waals surface area (Å²) in [7, 11) is 0. The number of epoxide rings is 1. The van der Waals surface area contributed by atoms with E-state index in [9.17, 15) is 9.90 Å². The van der Waals surface area contributed by atoms with Crippen LogP contribution >= 0.6 is 0 Å². The van der Waals surface area contributed by atoms with E-state index in [1.54, 1.807) is 0 Å². The van der Waals surface area contributed by atoms with Gasteiger partial charge in [0.2, 0.25) is 0 Å². The van der Waals surface area contributed by atoms with Gasteiger partial charge in [0, 0.05) is 6.42 Å². The van der Waals surface area contributed by atoms with E-state index in [-0.39, 0.29) is 18.0 Å². The summed E-state index contributed by atoms with van der Waals surface area (Å²) in [5, 5.41) is 10.3. The summed E-state index contributed by atoms with van der Waals surface area (Å²) in [5.74, 6) is -0.118. The van der Waals surface area contributed by atoms with E-state index < -0.39 is 5.60 Å². The molecule has 2 fully saturated rings. The number of aliphatic hydroxyl groups is 1. The highest BCUT2D eigenvalue weighted by molar-refractivity contribution is 5.72. The molecule has 4 heteroatoms. The molecule has 2 aliphatic rings. The second-order valence-electron chi connectivity index (χ2n) is 4.91. The van der Waals surface area contributed by atoms with Crippen LogP contribution in [0.3, 0.4) is 0 Å². The SMILES string of the molecule is CCOC(=O)C1CCC(O)(CC2CO2)CC1. The van der Waals surface area contributed by atoms with Crippen molar-refractivity contribution in [3.8, 4) is 0 Å². The van der Waals surface area contributed by atoms with Crippen LogP contribution in [-0.2, 0) is 14.3 Å². The molecule has 0 aromatic rings. The van der Waals surface area contributed by atoms with Gasteiger partial charge >= 0.3 is 5.97 Å². The second-order valence-corrected chi connectivity index (χ2v) is 4.91. The van der Waals surface area contributed by atoms with Gasteiger partial charge in [0.05, 0.1) is 30.8 Å². The molecule has 2 rings (SSSR count). The first-order valence-electron chi connectivity index (χ1n) is 6.13. The third-order valence-electron chi connectivity index (χ3n) is 3.55. The molecule has 1 unspecified atom stereocenters. The Kier molecular flexibility index (Phi) is 3.50. The van der Waals surface area contributed by atoms with E-state index in [4.69, 9.17) is 9.47 Å². The highest BCUT2D eigenvalue weighted by atomic mass is 16.6. The minimum absolute atomic E-state index is 0.0136. The Morgan fingerprint density at radius 3 is 2.62 bits per heavy atom. The van der Waals surface area contributed by atoms with Crippen LogP contribution in [0, 0.1) is 5.92 Å². The van der Waals surface area contributed by atoms with E-state index in [0.29, 0.717) is 19.4 Å². The number of carbonyl (C=O) groups is 1. The average Bonchev–Trinajstić information content (AvgIpc) is 3.02. The van der Waals surface area contributed by atoms with Crippen LogP contribution in [-0.4, -0.2) is 36.0 Å². The molecule has 92 valence electrons. The minimum Gasteiger partial charge on any atom is -0.466 e. The molecule has 1 N–H and O–H groups in total. The van der Waals surface area contributed by atoms with Crippen molar-refractivity contribution in [1.82, 2.24) is 0 Å². The summed E-state index contributed by atoms with van der Waals surface area (Å²) in [4.78, 5) is 11.5. The van der Waals surface area contributed by atoms with Gasteiger partial charge in [0.15, 0.2) is 0 Å². The Hall–Kier alpha value is -0.610. The fourth-order valence-corrected chi connectivity index (χ4v) is 2.46. The summed E-state index contributed by atoms with van der Waals surface area (Å²) in [5.41, 5.74) is -0.607. The smallest absolute Gasteiger partial charge is 0.308 e. The van der Waals surface area contributed by atoms with Crippen LogP contribution in [0.15, 0.2) is 0 Å². The number of ether oxygens (including phenoxy) is 2. The van der Waals surface area contributed by atoms with Gasteiger partial charge in [-0.1, -0.05) is 0 Å². The van der Waals surface area contributed by atoms with Gasteiger partial charge < -0.3 is 14.6 Å². The molecule has 1 atom stereocenters. The zero-order valence-electron chi connectivity index (χ0n) is 9.78. The van der Waals surface area contributed by atoms with Crippen molar-refractivity contribution >= 4 is 5.97 Å². The lowest BCUT2D eigenvalue weighted by molar-refractivity contribution is -0.151. The lowest BCUT2D eigenvalue weighted by Crippen LogP contribution is -2.37. The van der Waals surface area contributed by atoms with E-state index in [1.807, 2.05) is 6.92 Å². The number of carbonyl (C=O) groups excluding carboxylic acids is 1. The molecule has 1 aliphatic heterocycles. The molecular formula is C12H20O4. The van der Waals surface area contributed by atoms with Crippen LogP contribution < -0.4 is 0 Å². The number of hydrogen-bond acceptors (Lipinski definition) is 4. The van der Waals surface area contributed by atoms with Crippen molar-refractivity contribution in [3.63, 3.8) is 0 Å². The maximum atomic E-state index is 11.5. The molecule has 1 heterocycles. The first kappa shape index (κ1) is 11.9. The van der Waals surface area contributed by atoms with Gasteiger partial charge in [-0.3, -0.25) is 4.79 Å². The number of hydrogen-bond donors (Lipinski definition) is 1. The molecule has 1 aliphatic carbocycles. The molecule has 0 radical (unpaired) electrons. The molecule has 1 saturated carbocycles. The summed E-state index contributed by atoms with van der Waals surface area (Å²) in [6.45, 7) is 3.04. The Balaban J connectivity index is 1.78. The standard InChI is InChI=1S/C12H20O4/c1-2-15-11(13)9-3-5-12(14,6-4-9)7-10-8-16-10/h9-10,14H,2-8H2,1H3. The maximum absolute atomic E-state index is 11.5. The molecule has 0 bridgehead atoms. The predicted octanol–water partition coefficient (Wildman–Crippen LogP) is 1.26. The topological polar surface area (TPSA) is 59.1 Å². The lowest BCUT2D eigenvalue weighted by atomic mass is 9.76. The molecular weight excluding hydrogens is 208 g/mol.